The quantitative estimate of drug-likeness (QED) is 0.667. The van der Waals surface area contributed by atoms with Crippen molar-refractivity contribution in [3.05, 3.63) is 70.0 Å². The molecule has 0 spiro atoms. The summed E-state index contributed by atoms with van der Waals surface area (Å²) in [6.45, 7) is 2.33. The molecule has 2 heterocycles. The first kappa shape index (κ1) is 21.1. The van der Waals surface area contributed by atoms with Crippen molar-refractivity contribution < 1.29 is 18.3 Å². The average Bonchev–Trinajstić information content (AvgIpc) is 2.77. The van der Waals surface area contributed by atoms with E-state index in [1.54, 1.807) is 43.1 Å². The highest BCUT2D eigenvalue weighted by atomic mass is 32.2. The fourth-order valence-electron chi connectivity index (χ4n) is 3.86. The Morgan fingerprint density at radius 2 is 1.68 bits per heavy atom. The van der Waals surface area contributed by atoms with Gasteiger partial charge in [-0.2, -0.15) is 4.31 Å². The number of aryl methyl sites for hydroxylation is 2. The molecule has 31 heavy (non-hydrogen) atoms. The number of phenols is 1. The summed E-state index contributed by atoms with van der Waals surface area (Å²) in [7, 11) is -2.23. The maximum Gasteiger partial charge on any atom is 0.254 e. The van der Waals surface area contributed by atoms with Crippen molar-refractivity contribution in [2.75, 3.05) is 26.2 Å². The van der Waals surface area contributed by atoms with Gasteiger partial charge in [0.05, 0.1) is 11.1 Å². The number of hydrogen-bond donors (Lipinski definition) is 1. The monoisotopic (exact) mass is 441 g/mol. The zero-order valence-electron chi connectivity index (χ0n) is 17.3. The van der Waals surface area contributed by atoms with Crippen molar-refractivity contribution in [3.63, 3.8) is 0 Å². The predicted octanol–water partition coefficient (Wildman–Crippen LogP) is 1.70. The van der Waals surface area contributed by atoms with E-state index in [0.717, 1.165) is 5.56 Å². The molecule has 0 bridgehead atoms. The summed E-state index contributed by atoms with van der Waals surface area (Å²) in [5.41, 5.74) is 1.42. The molecule has 4 rings (SSSR count). The number of nitrogens with zero attached hydrogens (tertiary/aromatic N) is 3. The molecule has 3 aromatic rings. The van der Waals surface area contributed by atoms with Crippen LogP contribution in [0.2, 0.25) is 0 Å². The summed E-state index contributed by atoms with van der Waals surface area (Å²) in [5.74, 6) is -0.597. The van der Waals surface area contributed by atoms with Crippen LogP contribution in [0.15, 0.2) is 58.2 Å². The predicted molar refractivity (Wildman–Crippen MR) is 117 cm³/mol. The third kappa shape index (κ3) is 3.70. The van der Waals surface area contributed by atoms with Crippen LogP contribution >= 0.6 is 0 Å². The number of piperazine rings is 1. The Balaban J connectivity index is 1.58. The van der Waals surface area contributed by atoms with E-state index < -0.39 is 10.0 Å². The lowest BCUT2D eigenvalue weighted by atomic mass is 10.1. The molecule has 1 aliphatic rings. The van der Waals surface area contributed by atoms with Gasteiger partial charge in [-0.1, -0.05) is 24.3 Å². The maximum atomic E-state index is 13.2. The minimum atomic E-state index is -3.88. The molecular weight excluding hydrogens is 418 g/mol. The van der Waals surface area contributed by atoms with Gasteiger partial charge in [-0.15, -0.1) is 0 Å². The molecule has 0 saturated carbocycles. The number of amides is 1. The number of sulfonamides is 1. The van der Waals surface area contributed by atoms with Gasteiger partial charge >= 0.3 is 0 Å². The molecule has 1 amide bonds. The summed E-state index contributed by atoms with van der Waals surface area (Å²) in [6, 6.07) is 13.0. The highest BCUT2D eigenvalue weighted by molar-refractivity contribution is 7.89. The minimum Gasteiger partial charge on any atom is -0.507 e. The van der Waals surface area contributed by atoms with Crippen LogP contribution in [0.5, 0.6) is 5.75 Å². The third-order valence-electron chi connectivity index (χ3n) is 5.64. The fourth-order valence-corrected chi connectivity index (χ4v) is 5.45. The number of benzene rings is 2. The molecule has 1 N–H and O–H groups in total. The number of hydrogen-bond acceptors (Lipinski definition) is 5. The van der Waals surface area contributed by atoms with E-state index in [-0.39, 0.29) is 48.3 Å². The first-order chi connectivity index (χ1) is 14.7. The summed E-state index contributed by atoms with van der Waals surface area (Å²) in [5, 5.41) is 10.7. The molecule has 8 nitrogen and oxygen atoms in total. The summed E-state index contributed by atoms with van der Waals surface area (Å²) < 4.78 is 28.7. The van der Waals surface area contributed by atoms with Crippen molar-refractivity contribution in [2.45, 2.75) is 11.8 Å². The van der Waals surface area contributed by atoms with Gasteiger partial charge in [0, 0.05) is 44.7 Å². The molecule has 0 aliphatic carbocycles. The van der Waals surface area contributed by atoms with Crippen molar-refractivity contribution >= 4 is 26.8 Å². The lowest BCUT2D eigenvalue weighted by molar-refractivity contribution is 0.0699. The number of rotatable bonds is 3. The summed E-state index contributed by atoms with van der Waals surface area (Å²) in [6.07, 6.45) is 0. The Morgan fingerprint density at radius 1 is 1.00 bits per heavy atom. The van der Waals surface area contributed by atoms with Gasteiger partial charge in [-0.3, -0.25) is 9.59 Å². The summed E-state index contributed by atoms with van der Waals surface area (Å²) in [4.78, 5) is 26.9. The number of pyridine rings is 1. The van der Waals surface area contributed by atoms with Crippen LogP contribution in [0.4, 0.5) is 0 Å². The topological polar surface area (TPSA) is 99.9 Å². The van der Waals surface area contributed by atoms with Crippen molar-refractivity contribution in [3.8, 4) is 5.75 Å². The Kier molecular flexibility index (Phi) is 5.32. The van der Waals surface area contributed by atoms with Crippen LogP contribution in [0.25, 0.3) is 10.9 Å². The second-order valence-electron chi connectivity index (χ2n) is 7.64. The van der Waals surface area contributed by atoms with Crippen LogP contribution in [0.3, 0.4) is 0 Å². The molecule has 1 saturated heterocycles. The number of aromatic nitrogens is 1. The third-order valence-corrected chi connectivity index (χ3v) is 7.57. The number of phenolic OH excluding ortho intramolecular Hbond substituents is 1. The molecule has 1 aliphatic heterocycles. The van der Waals surface area contributed by atoms with Crippen LogP contribution in [-0.2, 0) is 17.1 Å². The van der Waals surface area contributed by atoms with E-state index in [2.05, 4.69) is 0 Å². The van der Waals surface area contributed by atoms with E-state index in [4.69, 9.17) is 0 Å². The number of fused-ring (bicyclic) bond motifs is 1. The SMILES string of the molecule is Cc1ccc(O)c(S(=O)(=O)N2CCN(C(=O)c3cc(=O)n(C)c4ccccc34)CC2)c1. The smallest absolute Gasteiger partial charge is 0.254 e. The van der Waals surface area contributed by atoms with Gasteiger partial charge in [-0.25, -0.2) is 8.42 Å². The fraction of sp³-hybridized carbons (Fsp3) is 0.273. The largest absolute Gasteiger partial charge is 0.507 e. The molecule has 1 aromatic heterocycles. The lowest BCUT2D eigenvalue weighted by Crippen LogP contribution is -2.50. The Hall–Kier alpha value is -3.17. The van der Waals surface area contributed by atoms with Crippen molar-refractivity contribution in [1.82, 2.24) is 13.8 Å². The number of carbonyl (C=O) groups excluding carboxylic acids is 1. The molecule has 1 fully saturated rings. The highest BCUT2D eigenvalue weighted by Gasteiger charge is 2.32. The normalized spacial score (nSPS) is 15.4. The van der Waals surface area contributed by atoms with Gasteiger partial charge in [0.2, 0.25) is 10.0 Å². The Labute approximate surface area is 180 Å². The second kappa shape index (κ2) is 7.82. The molecule has 2 aromatic carbocycles. The summed E-state index contributed by atoms with van der Waals surface area (Å²) >= 11 is 0. The zero-order chi connectivity index (χ0) is 22.3. The van der Waals surface area contributed by atoms with Crippen LogP contribution < -0.4 is 5.56 Å². The average molecular weight is 442 g/mol. The van der Waals surface area contributed by atoms with Gasteiger partial charge in [0.15, 0.2) is 0 Å². The molecule has 9 heteroatoms. The molecule has 0 radical (unpaired) electrons. The highest BCUT2D eigenvalue weighted by Crippen LogP contribution is 2.28. The van der Waals surface area contributed by atoms with Gasteiger partial charge in [0.1, 0.15) is 10.6 Å². The van der Waals surface area contributed by atoms with E-state index in [9.17, 15) is 23.1 Å². The van der Waals surface area contributed by atoms with Crippen LogP contribution in [0, 0.1) is 6.92 Å². The van der Waals surface area contributed by atoms with E-state index >= 15 is 0 Å². The first-order valence-corrected chi connectivity index (χ1v) is 11.3. The van der Waals surface area contributed by atoms with E-state index in [0.29, 0.717) is 16.5 Å². The second-order valence-corrected chi connectivity index (χ2v) is 9.55. The van der Waals surface area contributed by atoms with Crippen LogP contribution in [-0.4, -0.2) is 59.4 Å². The lowest BCUT2D eigenvalue weighted by Gasteiger charge is -2.34. The first-order valence-electron chi connectivity index (χ1n) is 9.88. The number of carbonyl (C=O) groups is 1. The van der Waals surface area contributed by atoms with Crippen LogP contribution in [0.1, 0.15) is 15.9 Å². The Bertz CT molecular complexity index is 1340. The molecule has 162 valence electrons. The number of aromatic hydroxyl groups is 1. The van der Waals surface area contributed by atoms with Crippen molar-refractivity contribution in [1.29, 1.82) is 0 Å². The van der Waals surface area contributed by atoms with Crippen molar-refractivity contribution in [2.24, 2.45) is 7.05 Å². The van der Waals surface area contributed by atoms with Gasteiger partial charge < -0.3 is 14.6 Å². The standard InChI is InChI=1S/C22H23N3O5S/c1-15-7-8-19(26)20(13-15)31(29,30)25-11-9-24(10-12-25)22(28)17-14-21(27)23(2)18-6-4-3-5-16(17)18/h3-8,13-14,26H,9-12H2,1-2H3. The minimum absolute atomic E-state index is 0.101. The Morgan fingerprint density at radius 3 is 2.39 bits per heavy atom. The number of para-hydroxylation sites is 1. The maximum absolute atomic E-state index is 13.2. The van der Waals surface area contributed by atoms with E-state index in [1.165, 1.54) is 27.1 Å². The zero-order valence-corrected chi connectivity index (χ0v) is 18.1. The molecule has 0 atom stereocenters. The van der Waals surface area contributed by atoms with Gasteiger partial charge in [0.25, 0.3) is 11.5 Å². The van der Waals surface area contributed by atoms with E-state index in [1.807, 2.05) is 6.07 Å². The molecule has 0 unspecified atom stereocenters. The van der Waals surface area contributed by atoms with Gasteiger partial charge in [-0.05, 0) is 30.7 Å². The molecular formula is C22H23N3O5S.